The molecule has 0 N–H and O–H groups in total. The fourth-order valence-electron chi connectivity index (χ4n) is 3.12. The monoisotopic (exact) mass is 374 g/mol. The molecule has 0 bridgehead atoms. The van der Waals surface area contributed by atoms with Crippen molar-refractivity contribution >= 4 is 11.6 Å². The summed E-state index contributed by atoms with van der Waals surface area (Å²) in [5.74, 6) is 1.16. The third-order valence-electron chi connectivity index (χ3n) is 4.67. The first-order chi connectivity index (χ1) is 13.0. The number of hydrogen-bond acceptors (Lipinski definition) is 3. The molecule has 0 saturated carbocycles. The van der Waals surface area contributed by atoms with E-state index in [-0.39, 0.29) is 5.78 Å². The quantitative estimate of drug-likeness (QED) is 0.256. The van der Waals surface area contributed by atoms with Gasteiger partial charge in [0.25, 0.3) is 0 Å². The van der Waals surface area contributed by atoms with Crippen LogP contribution in [0.4, 0.5) is 0 Å². The molecule has 0 aliphatic rings. The lowest BCUT2D eigenvalue weighted by Gasteiger charge is -2.07. The van der Waals surface area contributed by atoms with E-state index in [1.807, 2.05) is 12.1 Å². The number of Topliss-reactive ketones (excluding diaryl/α,β-unsaturated/α-hetero) is 2. The van der Waals surface area contributed by atoms with Crippen LogP contribution in [0.5, 0.6) is 0 Å². The van der Waals surface area contributed by atoms with Gasteiger partial charge in [0.1, 0.15) is 5.78 Å². The van der Waals surface area contributed by atoms with Gasteiger partial charge in [-0.1, -0.05) is 64.3 Å². The van der Waals surface area contributed by atoms with Gasteiger partial charge in [-0.05, 0) is 37.2 Å². The molecule has 3 heteroatoms. The Labute approximate surface area is 165 Å². The summed E-state index contributed by atoms with van der Waals surface area (Å²) in [6, 6.07) is 7.99. The molecule has 3 nitrogen and oxygen atoms in total. The minimum atomic E-state index is 0.178. The number of ketones is 2. The first-order valence-corrected chi connectivity index (χ1v) is 10.7. The van der Waals surface area contributed by atoms with Crippen LogP contribution in [0.15, 0.2) is 24.3 Å². The molecule has 0 saturated heterocycles. The Morgan fingerprint density at radius 1 is 0.852 bits per heavy atom. The summed E-state index contributed by atoms with van der Waals surface area (Å²) in [4.78, 5) is 23.9. The van der Waals surface area contributed by atoms with E-state index in [0.29, 0.717) is 44.2 Å². The fraction of sp³-hybridized carbons (Fsp3) is 0.667. The topological polar surface area (TPSA) is 43.4 Å². The molecule has 0 amide bonds. The van der Waals surface area contributed by atoms with Gasteiger partial charge in [0, 0.05) is 38.0 Å². The molecule has 1 aromatic rings. The Balaban J connectivity index is 2.06. The highest BCUT2D eigenvalue weighted by Crippen LogP contribution is 2.12. The Morgan fingerprint density at radius 2 is 1.48 bits per heavy atom. The van der Waals surface area contributed by atoms with Gasteiger partial charge in [0.05, 0.1) is 0 Å². The van der Waals surface area contributed by atoms with Crippen LogP contribution in [0.25, 0.3) is 0 Å². The van der Waals surface area contributed by atoms with Crippen LogP contribution in [-0.2, 0) is 16.0 Å². The van der Waals surface area contributed by atoms with Gasteiger partial charge in [-0.2, -0.15) is 0 Å². The van der Waals surface area contributed by atoms with Crippen molar-refractivity contribution in [1.82, 2.24) is 0 Å². The predicted octanol–water partition coefficient (Wildman–Crippen LogP) is 6.18. The number of ether oxygens (including phenoxy) is 1. The Kier molecular flexibility index (Phi) is 12.7. The summed E-state index contributed by atoms with van der Waals surface area (Å²) < 4.78 is 5.57. The second-order valence-corrected chi connectivity index (χ2v) is 7.89. The van der Waals surface area contributed by atoms with Gasteiger partial charge in [-0.25, -0.2) is 0 Å². The third-order valence-corrected chi connectivity index (χ3v) is 4.67. The average molecular weight is 375 g/mol. The molecular formula is C24H38O3. The first kappa shape index (κ1) is 23.6. The first-order valence-electron chi connectivity index (χ1n) is 10.7. The van der Waals surface area contributed by atoms with E-state index in [1.165, 1.54) is 18.4 Å². The maximum Gasteiger partial charge on any atom is 0.162 e. The molecule has 0 fully saturated rings. The van der Waals surface area contributed by atoms with Crippen molar-refractivity contribution in [2.24, 2.45) is 5.92 Å². The Bertz CT molecular complexity index is 531. The van der Waals surface area contributed by atoms with Crippen LogP contribution < -0.4 is 0 Å². The maximum atomic E-state index is 12.2. The van der Waals surface area contributed by atoms with Crippen LogP contribution in [0.2, 0.25) is 0 Å². The molecule has 1 aromatic carbocycles. The SMILES string of the molecule is CCCCCCC(=O)CCCOCCCC(=O)c1ccc(CC(C)C)cc1. The van der Waals surface area contributed by atoms with Crippen molar-refractivity contribution in [3.63, 3.8) is 0 Å². The molecular weight excluding hydrogens is 336 g/mol. The van der Waals surface area contributed by atoms with E-state index in [1.54, 1.807) is 0 Å². The highest BCUT2D eigenvalue weighted by molar-refractivity contribution is 5.96. The van der Waals surface area contributed by atoms with Gasteiger partial charge < -0.3 is 4.74 Å². The van der Waals surface area contributed by atoms with E-state index >= 15 is 0 Å². The number of benzene rings is 1. The molecule has 0 spiro atoms. The second-order valence-electron chi connectivity index (χ2n) is 7.89. The average Bonchev–Trinajstić information content (AvgIpc) is 2.64. The molecule has 1 rings (SSSR count). The van der Waals surface area contributed by atoms with Gasteiger partial charge in [-0.3, -0.25) is 9.59 Å². The van der Waals surface area contributed by atoms with Crippen LogP contribution in [0.1, 0.15) is 94.5 Å². The third kappa shape index (κ3) is 11.8. The van der Waals surface area contributed by atoms with Crippen LogP contribution in [0.3, 0.4) is 0 Å². The van der Waals surface area contributed by atoms with E-state index in [2.05, 4.69) is 32.9 Å². The highest BCUT2D eigenvalue weighted by Gasteiger charge is 2.07. The summed E-state index contributed by atoms with van der Waals surface area (Å²) in [6.07, 6.45) is 9.02. The zero-order valence-corrected chi connectivity index (χ0v) is 17.6. The predicted molar refractivity (Wildman–Crippen MR) is 112 cm³/mol. The normalized spacial score (nSPS) is 11.1. The zero-order valence-electron chi connectivity index (χ0n) is 17.6. The Hall–Kier alpha value is -1.48. The van der Waals surface area contributed by atoms with Crippen molar-refractivity contribution < 1.29 is 14.3 Å². The van der Waals surface area contributed by atoms with Gasteiger partial charge in [-0.15, -0.1) is 0 Å². The standard InChI is InChI=1S/C24H38O3/c1-4-5-6-7-10-23(25)11-8-17-27-18-9-12-24(26)22-15-13-21(14-16-22)19-20(2)3/h13-16,20H,4-12,17-19H2,1-3H3. The summed E-state index contributed by atoms with van der Waals surface area (Å²) >= 11 is 0. The van der Waals surface area contributed by atoms with E-state index in [4.69, 9.17) is 4.74 Å². The number of unbranched alkanes of at least 4 members (excludes halogenated alkanes) is 3. The maximum absolute atomic E-state index is 12.2. The molecule has 0 atom stereocenters. The molecule has 0 aliphatic heterocycles. The zero-order chi connectivity index (χ0) is 19.9. The van der Waals surface area contributed by atoms with Gasteiger partial charge >= 0.3 is 0 Å². The highest BCUT2D eigenvalue weighted by atomic mass is 16.5. The Morgan fingerprint density at radius 3 is 2.11 bits per heavy atom. The van der Waals surface area contributed by atoms with Gasteiger partial charge in [0.15, 0.2) is 5.78 Å². The molecule has 27 heavy (non-hydrogen) atoms. The summed E-state index contributed by atoms with van der Waals surface area (Å²) in [5, 5.41) is 0. The lowest BCUT2D eigenvalue weighted by atomic mass is 10.00. The van der Waals surface area contributed by atoms with Crippen LogP contribution >= 0.6 is 0 Å². The van der Waals surface area contributed by atoms with Crippen molar-refractivity contribution in [3.05, 3.63) is 35.4 Å². The van der Waals surface area contributed by atoms with E-state index < -0.39 is 0 Å². The molecule has 152 valence electrons. The largest absolute Gasteiger partial charge is 0.381 e. The fourth-order valence-corrected chi connectivity index (χ4v) is 3.12. The van der Waals surface area contributed by atoms with Crippen molar-refractivity contribution in [1.29, 1.82) is 0 Å². The smallest absolute Gasteiger partial charge is 0.162 e. The number of hydrogen-bond donors (Lipinski definition) is 0. The summed E-state index contributed by atoms with van der Waals surface area (Å²) in [7, 11) is 0. The van der Waals surface area contributed by atoms with E-state index in [9.17, 15) is 9.59 Å². The molecule has 0 radical (unpaired) electrons. The van der Waals surface area contributed by atoms with Crippen molar-refractivity contribution in [2.75, 3.05) is 13.2 Å². The summed E-state index contributed by atoms with van der Waals surface area (Å²) in [5.41, 5.74) is 2.07. The number of carbonyl (C=O) groups excluding carboxylic acids is 2. The van der Waals surface area contributed by atoms with Crippen molar-refractivity contribution in [3.8, 4) is 0 Å². The van der Waals surface area contributed by atoms with Crippen molar-refractivity contribution in [2.45, 2.75) is 85.0 Å². The molecule has 0 aromatic heterocycles. The van der Waals surface area contributed by atoms with E-state index in [0.717, 1.165) is 37.7 Å². The number of rotatable bonds is 16. The molecule has 0 heterocycles. The second kappa shape index (κ2) is 14.6. The number of carbonyl (C=O) groups is 2. The molecule has 0 aliphatic carbocycles. The van der Waals surface area contributed by atoms with Gasteiger partial charge in [0.2, 0.25) is 0 Å². The molecule has 0 unspecified atom stereocenters. The lowest BCUT2D eigenvalue weighted by molar-refractivity contribution is -0.119. The minimum Gasteiger partial charge on any atom is -0.381 e. The lowest BCUT2D eigenvalue weighted by Crippen LogP contribution is -2.05. The van der Waals surface area contributed by atoms with Crippen LogP contribution in [-0.4, -0.2) is 24.8 Å². The van der Waals surface area contributed by atoms with Crippen LogP contribution in [0, 0.1) is 5.92 Å². The summed E-state index contributed by atoms with van der Waals surface area (Å²) in [6.45, 7) is 7.77. The minimum absolute atomic E-state index is 0.178.